The molecule has 0 amide bonds. The zero-order valence-electron chi connectivity index (χ0n) is 20.0. The molecule has 2 aromatic heterocycles. The number of benzene rings is 1. The lowest BCUT2D eigenvalue weighted by molar-refractivity contribution is 0.0648. The van der Waals surface area contributed by atoms with Gasteiger partial charge in [-0.05, 0) is 87.2 Å². The third-order valence-electron chi connectivity index (χ3n) is 7.32. The summed E-state index contributed by atoms with van der Waals surface area (Å²) in [5.41, 5.74) is 0.791. The minimum absolute atomic E-state index is 0.223. The number of tetrazole rings is 1. The highest BCUT2D eigenvalue weighted by Crippen LogP contribution is 2.38. The van der Waals surface area contributed by atoms with Crippen molar-refractivity contribution in [2.24, 2.45) is 5.92 Å². The molecule has 2 atom stereocenters. The number of rotatable bonds is 5. The summed E-state index contributed by atoms with van der Waals surface area (Å²) in [6.45, 7) is 6.93. The van der Waals surface area contributed by atoms with Gasteiger partial charge in [0.1, 0.15) is 11.4 Å². The second-order valence-corrected chi connectivity index (χ2v) is 10.1. The van der Waals surface area contributed by atoms with Crippen molar-refractivity contribution in [3.8, 4) is 11.4 Å². The largest absolute Gasteiger partial charge is 0.478 e. The lowest BCUT2D eigenvalue weighted by Gasteiger charge is -2.44. The van der Waals surface area contributed by atoms with Crippen LogP contribution in [0.25, 0.3) is 5.69 Å². The van der Waals surface area contributed by atoms with Gasteiger partial charge in [0, 0.05) is 18.3 Å². The summed E-state index contributed by atoms with van der Waals surface area (Å²) in [6.07, 6.45) is 7.36. The fourth-order valence-electron chi connectivity index (χ4n) is 5.62. The molecule has 0 aliphatic carbocycles. The zero-order chi connectivity index (χ0) is 24.0. The number of anilines is 3. The predicted octanol–water partition coefficient (Wildman–Crippen LogP) is 3.64. The number of halogens is 1. The number of hydrogen-bond donors (Lipinski definition) is 2. The topological polar surface area (TPSA) is 106 Å². The molecule has 184 valence electrons. The maximum Gasteiger partial charge on any atom is 0.229 e. The van der Waals surface area contributed by atoms with Crippen molar-refractivity contribution in [3.63, 3.8) is 0 Å². The Labute approximate surface area is 203 Å². The molecular formula is C24H30FN9O. The third-order valence-corrected chi connectivity index (χ3v) is 7.32. The fourth-order valence-corrected chi connectivity index (χ4v) is 5.62. The summed E-state index contributed by atoms with van der Waals surface area (Å²) in [7, 11) is 0. The Morgan fingerprint density at radius 1 is 1.17 bits per heavy atom. The monoisotopic (exact) mass is 479 g/mol. The van der Waals surface area contributed by atoms with Gasteiger partial charge in [-0.25, -0.2) is 9.37 Å². The number of aromatic nitrogens is 6. The normalized spacial score (nSPS) is 22.9. The molecule has 2 fully saturated rings. The minimum Gasteiger partial charge on any atom is -0.478 e. The van der Waals surface area contributed by atoms with E-state index in [1.807, 2.05) is 32.0 Å². The molecular weight excluding hydrogens is 449 g/mol. The SMILES string of the molecule is CC1(C)Oc2ccc(Nc3ncc(F)c(NC[C@@H]4CCCN5CCCC[C@H]45)n3)cc2-n2nnnc21. The van der Waals surface area contributed by atoms with Gasteiger partial charge in [-0.2, -0.15) is 9.67 Å². The molecule has 1 aromatic carbocycles. The van der Waals surface area contributed by atoms with E-state index in [2.05, 4.69) is 41.0 Å². The van der Waals surface area contributed by atoms with E-state index < -0.39 is 11.4 Å². The van der Waals surface area contributed by atoms with Gasteiger partial charge in [0.25, 0.3) is 0 Å². The van der Waals surface area contributed by atoms with Gasteiger partial charge >= 0.3 is 0 Å². The summed E-state index contributed by atoms with van der Waals surface area (Å²) >= 11 is 0. The van der Waals surface area contributed by atoms with E-state index in [0.29, 0.717) is 41.7 Å². The van der Waals surface area contributed by atoms with Crippen LogP contribution in [0.3, 0.4) is 0 Å². The Morgan fingerprint density at radius 3 is 2.97 bits per heavy atom. The first-order chi connectivity index (χ1) is 17.0. The number of hydrogen-bond acceptors (Lipinski definition) is 9. The van der Waals surface area contributed by atoms with Crippen LogP contribution in [0.4, 0.5) is 21.8 Å². The Bertz CT molecular complexity index is 1230. The van der Waals surface area contributed by atoms with Crippen LogP contribution in [-0.4, -0.2) is 60.8 Å². The second-order valence-electron chi connectivity index (χ2n) is 10.1. The van der Waals surface area contributed by atoms with Gasteiger partial charge in [0.15, 0.2) is 23.1 Å². The molecule has 3 aliphatic rings. The lowest BCUT2D eigenvalue weighted by Crippen LogP contribution is -2.49. The number of nitrogens with zero attached hydrogens (tertiary/aromatic N) is 7. The number of fused-ring (bicyclic) bond motifs is 4. The van der Waals surface area contributed by atoms with E-state index in [-0.39, 0.29) is 5.82 Å². The van der Waals surface area contributed by atoms with Gasteiger partial charge < -0.3 is 20.3 Å². The van der Waals surface area contributed by atoms with Crippen molar-refractivity contribution in [1.29, 1.82) is 0 Å². The maximum absolute atomic E-state index is 14.6. The van der Waals surface area contributed by atoms with E-state index in [1.54, 1.807) is 4.68 Å². The van der Waals surface area contributed by atoms with Crippen molar-refractivity contribution in [3.05, 3.63) is 36.0 Å². The van der Waals surface area contributed by atoms with Crippen LogP contribution in [0.15, 0.2) is 24.4 Å². The van der Waals surface area contributed by atoms with E-state index in [0.717, 1.165) is 5.69 Å². The van der Waals surface area contributed by atoms with Crippen molar-refractivity contribution >= 4 is 17.5 Å². The first-order valence-corrected chi connectivity index (χ1v) is 12.4. The van der Waals surface area contributed by atoms with Crippen LogP contribution in [0, 0.1) is 11.7 Å². The van der Waals surface area contributed by atoms with Crippen LogP contribution in [0.5, 0.6) is 5.75 Å². The molecule has 35 heavy (non-hydrogen) atoms. The highest BCUT2D eigenvalue weighted by Gasteiger charge is 2.36. The van der Waals surface area contributed by atoms with E-state index in [4.69, 9.17) is 4.74 Å². The van der Waals surface area contributed by atoms with Crippen LogP contribution in [-0.2, 0) is 5.60 Å². The molecule has 6 rings (SSSR count). The molecule has 5 heterocycles. The quantitative estimate of drug-likeness (QED) is 0.567. The minimum atomic E-state index is -0.640. The molecule has 3 aliphatic heterocycles. The van der Waals surface area contributed by atoms with Crippen molar-refractivity contribution in [2.75, 3.05) is 30.3 Å². The predicted molar refractivity (Wildman–Crippen MR) is 129 cm³/mol. The maximum atomic E-state index is 14.6. The molecule has 0 spiro atoms. The standard InChI is InChI=1S/C24H30FN9O/c1-24(2)22-30-31-32-34(22)19-12-16(8-9-20(19)35-24)28-23-27-14-17(25)21(29-23)26-13-15-6-5-11-33-10-4-3-7-18(15)33/h8-9,12,14-15,18H,3-7,10-11,13H2,1-2H3,(H2,26,27,28,29)/t15-,18+/m0/s1. The van der Waals surface area contributed by atoms with Gasteiger partial charge in [-0.15, -0.1) is 5.10 Å². The first kappa shape index (κ1) is 22.1. The molecule has 0 unspecified atom stereocenters. The molecule has 0 saturated carbocycles. The number of ether oxygens (including phenoxy) is 1. The van der Waals surface area contributed by atoms with Crippen molar-refractivity contribution in [2.45, 2.75) is 57.6 Å². The zero-order valence-corrected chi connectivity index (χ0v) is 20.0. The van der Waals surface area contributed by atoms with Gasteiger partial charge in [-0.3, -0.25) is 0 Å². The Kier molecular flexibility index (Phi) is 5.51. The Morgan fingerprint density at radius 2 is 2.06 bits per heavy atom. The highest BCUT2D eigenvalue weighted by atomic mass is 19.1. The summed E-state index contributed by atoms with van der Waals surface area (Å²) < 4.78 is 22.3. The average Bonchev–Trinajstić information content (AvgIpc) is 3.36. The summed E-state index contributed by atoms with van der Waals surface area (Å²) in [4.78, 5) is 11.2. The second kappa shape index (κ2) is 8.71. The van der Waals surface area contributed by atoms with E-state index in [9.17, 15) is 4.39 Å². The average molecular weight is 480 g/mol. The molecule has 2 saturated heterocycles. The van der Waals surface area contributed by atoms with Gasteiger partial charge in [-0.1, -0.05) is 6.42 Å². The summed E-state index contributed by atoms with van der Waals surface area (Å²) in [5.74, 6) is 1.88. The van der Waals surface area contributed by atoms with Crippen LogP contribution in [0.1, 0.15) is 51.8 Å². The highest BCUT2D eigenvalue weighted by molar-refractivity contribution is 5.63. The number of nitrogens with one attached hydrogen (secondary N) is 2. The van der Waals surface area contributed by atoms with Crippen LogP contribution in [0.2, 0.25) is 0 Å². The molecule has 0 radical (unpaired) electrons. The Balaban J connectivity index is 1.18. The molecule has 11 heteroatoms. The molecule has 10 nitrogen and oxygen atoms in total. The van der Waals surface area contributed by atoms with Gasteiger partial charge in [0.05, 0.1) is 6.20 Å². The lowest BCUT2D eigenvalue weighted by atomic mass is 9.83. The van der Waals surface area contributed by atoms with E-state index >= 15 is 0 Å². The molecule has 3 aromatic rings. The summed E-state index contributed by atoms with van der Waals surface area (Å²) in [6, 6.07) is 6.17. The number of piperidine rings is 2. The summed E-state index contributed by atoms with van der Waals surface area (Å²) in [5, 5.41) is 18.5. The first-order valence-electron chi connectivity index (χ1n) is 12.4. The van der Waals surface area contributed by atoms with Crippen LogP contribution >= 0.6 is 0 Å². The smallest absolute Gasteiger partial charge is 0.229 e. The van der Waals surface area contributed by atoms with Crippen molar-refractivity contribution < 1.29 is 9.13 Å². The fraction of sp³-hybridized carbons (Fsp3) is 0.542. The molecule has 2 N–H and O–H groups in total. The van der Waals surface area contributed by atoms with Gasteiger partial charge in [0.2, 0.25) is 5.95 Å². The van der Waals surface area contributed by atoms with Crippen molar-refractivity contribution in [1.82, 2.24) is 35.1 Å². The molecule has 0 bridgehead atoms. The third kappa shape index (κ3) is 4.18. The Hall–Kier alpha value is -3.34. The van der Waals surface area contributed by atoms with Crippen LogP contribution < -0.4 is 15.4 Å². The van der Waals surface area contributed by atoms with E-state index in [1.165, 1.54) is 51.4 Å².